The van der Waals surface area contributed by atoms with Crippen molar-refractivity contribution in [2.75, 3.05) is 7.11 Å². The summed E-state index contributed by atoms with van der Waals surface area (Å²) in [5.74, 6) is -0.0826. The summed E-state index contributed by atoms with van der Waals surface area (Å²) in [7, 11) is 1.28. The van der Waals surface area contributed by atoms with Crippen molar-refractivity contribution in [3.63, 3.8) is 0 Å². The zero-order valence-electron chi connectivity index (χ0n) is 17.8. The van der Waals surface area contributed by atoms with Crippen LogP contribution in [0.1, 0.15) is 33.4 Å². The van der Waals surface area contributed by atoms with Crippen molar-refractivity contribution in [1.82, 2.24) is 9.55 Å². The number of aromatic nitrogens is 2. The highest BCUT2D eigenvalue weighted by molar-refractivity contribution is 8.00. The molecule has 0 radical (unpaired) electrons. The molecule has 0 aliphatic carbocycles. The molecule has 2 heterocycles. The number of Topliss-reactive ketones (excluding diaryl/α,β-unsaturated/α-hetero) is 1. The second-order valence-electron chi connectivity index (χ2n) is 7.22. The Kier molecular flexibility index (Phi) is 6.67. The van der Waals surface area contributed by atoms with E-state index < -0.39 is 11.2 Å². The van der Waals surface area contributed by atoms with Gasteiger partial charge in [-0.05, 0) is 61.5 Å². The summed E-state index contributed by atoms with van der Waals surface area (Å²) in [6.07, 6.45) is 1.52. The predicted octanol–water partition coefficient (Wildman–Crippen LogP) is 4.84. The van der Waals surface area contributed by atoms with Crippen LogP contribution < -0.4 is 5.56 Å². The summed E-state index contributed by atoms with van der Waals surface area (Å²) in [4.78, 5) is 42.9. The molecule has 0 saturated carbocycles. The molecule has 1 atom stereocenters. The molecular weight excluding hydrogens is 464 g/mol. The first-order valence-electron chi connectivity index (χ1n) is 9.99. The van der Waals surface area contributed by atoms with Gasteiger partial charge in [0, 0.05) is 10.6 Å². The highest BCUT2D eigenvalue weighted by Crippen LogP contribution is 2.26. The fourth-order valence-electron chi connectivity index (χ4n) is 3.29. The summed E-state index contributed by atoms with van der Waals surface area (Å²) in [5, 5.41) is 0.676. The van der Waals surface area contributed by atoms with Gasteiger partial charge in [-0.25, -0.2) is 9.78 Å². The first-order chi connectivity index (χ1) is 15.9. The number of benzene rings is 2. The third kappa shape index (κ3) is 4.86. The fourth-order valence-corrected chi connectivity index (χ4v) is 4.40. The molecule has 4 aromatic rings. The van der Waals surface area contributed by atoms with E-state index in [1.165, 1.54) is 30.1 Å². The van der Waals surface area contributed by atoms with E-state index in [2.05, 4.69) is 4.98 Å². The molecule has 0 fully saturated rings. The van der Waals surface area contributed by atoms with E-state index in [1.54, 1.807) is 49.4 Å². The Balaban J connectivity index is 1.77. The lowest BCUT2D eigenvalue weighted by Crippen LogP contribution is -2.25. The number of halogens is 1. The number of ether oxygens (including phenoxy) is 1. The lowest BCUT2D eigenvalue weighted by molar-refractivity contribution is 0.0600. The van der Waals surface area contributed by atoms with Gasteiger partial charge in [0.05, 0.1) is 41.6 Å². The van der Waals surface area contributed by atoms with Crippen LogP contribution in [0.4, 0.5) is 0 Å². The van der Waals surface area contributed by atoms with Gasteiger partial charge in [-0.3, -0.25) is 14.2 Å². The van der Waals surface area contributed by atoms with E-state index in [1.807, 2.05) is 0 Å². The standard InChI is InChI=1S/C24H19ClN2O5S/c1-14(21(28)15-5-8-17(25)9-6-15)33-24-26-20-12-16(23(30)31-2)7-10-19(20)22(29)27(24)13-18-4-3-11-32-18/h3-12,14H,13H2,1-2H3/t14-/m0/s1. The third-order valence-corrected chi connectivity index (χ3v) is 6.36. The second-order valence-corrected chi connectivity index (χ2v) is 8.96. The Labute approximate surface area is 198 Å². The van der Waals surface area contributed by atoms with E-state index >= 15 is 0 Å². The van der Waals surface area contributed by atoms with Crippen molar-refractivity contribution in [1.29, 1.82) is 0 Å². The van der Waals surface area contributed by atoms with Gasteiger partial charge in [0.15, 0.2) is 10.9 Å². The van der Waals surface area contributed by atoms with Crippen LogP contribution in [0.25, 0.3) is 10.9 Å². The smallest absolute Gasteiger partial charge is 0.337 e. The summed E-state index contributed by atoms with van der Waals surface area (Å²) >= 11 is 7.09. The van der Waals surface area contributed by atoms with Gasteiger partial charge in [0.25, 0.3) is 5.56 Å². The molecule has 33 heavy (non-hydrogen) atoms. The number of thioether (sulfide) groups is 1. The number of furan rings is 1. The Morgan fingerprint density at radius 3 is 2.55 bits per heavy atom. The zero-order valence-corrected chi connectivity index (χ0v) is 19.4. The quantitative estimate of drug-likeness (QED) is 0.161. The van der Waals surface area contributed by atoms with Gasteiger partial charge >= 0.3 is 5.97 Å². The molecule has 0 bridgehead atoms. The Hall–Kier alpha value is -3.36. The highest BCUT2D eigenvalue weighted by Gasteiger charge is 2.22. The van der Waals surface area contributed by atoms with Gasteiger partial charge in [0.1, 0.15) is 5.76 Å². The molecule has 9 heteroatoms. The van der Waals surface area contributed by atoms with Crippen molar-refractivity contribution in [3.8, 4) is 0 Å². The number of methoxy groups -OCH3 is 1. The number of hydrogen-bond donors (Lipinski definition) is 0. The van der Waals surface area contributed by atoms with Crippen LogP contribution in [0.2, 0.25) is 5.02 Å². The third-order valence-electron chi connectivity index (χ3n) is 5.02. The highest BCUT2D eigenvalue weighted by atomic mass is 35.5. The molecule has 7 nitrogen and oxygen atoms in total. The van der Waals surface area contributed by atoms with E-state index in [4.69, 9.17) is 20.8 Å². The minimum Gasteiger partial charge on any atom is -0.467 e. The van der Waals surface area contributed by atoms with Crippen molar-refractivity contribution in [2.45, 2.75) is 23.9 Å². The molecule has 4 rings (SSSR count). The lowest BCUT2D eigenvalue weighted by atomic mass is 10.1. The van der Waals surface area contributed by atoms with E-state index in [0.29, 0.717) is 32.4 Å². The average molecular weight is 483 g/mol. The second kappa shape index (κ2) is 9.64. The fraction of sp³-hybridized carbons (Fsp3) is 0.167. The van der Waals surface area contributed by atoms with Crippen LogP contribution >= 0.6 is 23.4 Å². The monoisotopic (exact) mass is 482 g/mol. The van der Waals surface area contributed by atoms with Crippen LogP contribution in [-0.4, -0.2) is 33.7 Å². The number of hydrogen-bond acceptors (Lipinski definition) is 7. The molecule has 0 aliphatic heterocycles. The SMILES string of the molecule is COC(=O)c1ccc2c(=O)n(Cc3ccco3)c(S[C@@H](C)C(=O)c3ccc(Cl)cc3)nc2c1. The van der Waals surface area contributed by atoms with Crippen molar-refractivity contribution in [2.24, 2.45) is 0 Å². The molecule has 0 unspecified atom stereocenters. The van der Waals surface area contributed by atoms with Crippen LogP contribution in [-0.2, 0) is 11.3 Å². The summed E-state index contributed by atoms with van der Waals surface area (Å²) in [6.45, 7) is 1.90. The molecule has 168 valence electrons. The maximum absolute atomic E-state index is 13.3. The van der Waals surface area contributed by atoms with Crippen molar-refractivity contribution in [3.05, 3.63) is 93.1 Å². The molecular formula is C24H19ClN2O5S. The lowest BCUT2D eigenvalue weighted by Gasteiger charge is -2.15. The molecule has 0 spiro atoms. The maximum atomic E-state index is 13.3. The van der Waals surface area contributed by atoms with Crippen molar-refractivity contribution >= 4 is 46.0 Å². The first-order valence-corrected chi connectivity index (χ1v) is 11.2. The van der Waals surface area contributed by atoms with E-state index in [-0.39, 0.29) is 23.5 Å². The van der Waals surface area contributed by atoms with Crippen LogP contribution in [0.5, 0.6) is 0 Å². The van der Waals surface area contributed by atoms with E-state index in [9.17, 15) is 14.4 Å². The zero-order chi connectivity index (χ0) is 23.5. The number of nitrogens with zero attached hydrogens (tertiary/aromatic N) is 2. The van der Waals surface area contributed by atoms with Gasteiger partial charge in [-0.1, -0.05) is 23.4 Å². The largest absolute Gasteiger partial charge is 0.467 e. The number of carbonyl (C=O) groups is 2. The Morgan fingerprint density at radius 2 is 1.88 bits per heavy atom. The number of carbonyl (C=O) groups excluding carboxylic acids is 2. The van der Waals surface area contributed by atoms with Crippen molar-refractivity contribution < 1.29 is 18.7 Å². The average Bonchev–Trinajstić information content (AvgIpc) is 3.34. The summed E-state index contributed by atoms with van der Waals surface area (Å²) in [5.41, 5.74) is 0.823. The van der Waals surface area contributed by atoms with Crippen LogP contribution in [0.3, 0.4) is 0 Å². The molecule has 0 amide bonds. The van der Waals surface area contributed by atoms with Gasteiger partial charge < -0.3 is 9.15 Å². The van der Waals surface area contributed by atoms with Gasteiger partial charge in [0.2, 0.25) is 0 Å². The molecule has 0 saturated heterocycles. The topological polar surface area (TPSA) is 91.4 Å². The summed E-state index contributed by atoms with van der Waals surface area (Å²) in [6, 6.07) is 14.7. The Morgan fingerprint density at radius 1 is 1.15 bits per heavy atom. The number of fused-ring (bicyclic) bond motifs is 1. The maximum Gasteiger partial charge on any atom is 0.337 e. The Bertz CT molecular complexity index is 1380. The molecule has 0 N–H and O–H groups in total. The normalized spacial score (nSPS) is 12.0. The van der Waals surface area contributed by atoms with E-state index in [0.717, 1.165) is 11.8 Å². The summed E-state index contributed by atoms with van der Waals surface area (Å²) < 4.78 is 11.7. The predicted molar refractivity (Wildman–Crippen MR) is 126 cm³/mol. The first kappa shape index (κ1) is 22.8. The van der Waals surface area contributed by atoms with Gasteiger partial charge in [-0.15, -0.1) is 0 Å². The van der Waals surface area contributed by atoms with Crippen LogP contribution in [0.15, 0.2) is 75.2 Å². The number of esters is 1. The molecule has 0 aliphatic rings. The van der Waals surface area contributed by atoms with Crippen LogP contribution in [0, 0.1) is 0 Å². The van der Waals surface area contributed by atoms with Gasteiger partial charge in [-0.2, -0.15) is 0 Å². The number of rotatable bonds is 7. The molecule has 2 aromatic carbocycles. The number of ketones is 1. The minimum absolute atomic E-state index is 0.126. The molecule has 2 aromatic heterocycles. The minimum atomic E-state index is -0.540.